The third-order valence-corrected chi connectivity index (χ3v) is 6.99. The van der Waals surface area contributed by atoms with Gasteiger partial charge in [-0.3, -0.25) is 5.32 Å². The van der Waals surface area contributed by atoms with Crippen LogP contribution >= 0.6 is 0 Å². The highest BCUT2D eigenvalue weighted by Gasteiger charge is 2.62. The van der Waals surface area contributed by atoms with E-state index in [0.29, 0.717) is 5.92 Å². The van der Waals surface area contributed by atoms with E-state index in [9.17, 15) is 4.79 Å². The summed E-state index contributed by atoms with van der Waals surface area (Å²) in [4.78, 5) is 12.5. The molecule has 0 aliphatic heterocycles. The molecule has 2 aliphatic carbocycles. The maximum atomic E-state index is 12.5. The first-order valence-corrected chi connectivity index (χ1v) is 8.87. The van der Waals surface area contributed by atoms with Crippen molar-refractivity contribution < 1.29 is 9.53 Å². The Hall–Kier alpha value is -2.03. The molecule has 0 spiro atoms. The van der Waals surface area contributed by atoms with Gasteiger partial charge >= 0.3 is 6.09 Å². The molecular weight excluding hydrogens is 298 g/mol. The van der Waals surface area contributed by atoms with E-state index in [1.54, 1.807) is 0 Å². The molecule has 4 rings (SSSR count). The van der Waals surface area contributed by atoms with Crippen molar-refractivity contribution >= 4 is 22.6 Å². The van der Waals surface area contributed by atoms with Crippen LogP contribution < -0.4 is 5.32 Å². The molecule has 2 saturated carbocycles. The summed E-state index contributed by atoms with van der Waals surface area (Å²) in [6, 6.07) is 14.0. The van der Waals surface area contributed by atoms with Crippen LogP contribution in [-0.4, -0.2) is 12.2 Å². The lowest BCUT2D eigenvalue weighted by Gasteiger charge is -2.38. The fourth-order valence-corrected chi connectivity index (χ4v) is 4.91. The molecule has 2 aliphatic rings. The minimum Gasteiger partial charge on any atom is -0.445 e. The van der Waals surface area contributed by atoms with Gasteiger partial charge in [0.15, 0.2) is 0 Å². The second kappa shape index (κ2) is 5.23. The average Bonchev–Trinajstić information content (AvgIpc) is 2.88. The van der Waals surface area contributed by atoms with Crippen LogP contribution in [0.25, 0.3) is 10.8 Å². The Bertz CT molecular complexity index is 792. The van der Waals surface area contributed by atoms with Crippen molar-refractivity contribution in [1.82, 2.24) is 0 Å². The van der Waals surface area contributed by atoms with Crippen LogP contribution in [0.5, 0.6) is 0 Å². The molecule has 2 fully saturated rings. The van der Waals surface area contributed by atoms with Crippen LogP contribution in [0.3, 0.4) is 0 Å². The quantitative estimate of drug-likeness (QED) is 0.781. The molecule has 0 saturated heterocycles. The molecule has 1 N–H and O–H groups in total. The van der Waals surface area contributed by atoms with Crippen molar-refractivity contribution in [2.45, 2.75) is 46.1 Å². The van der Waals surface area contributed by atoms with Crippen LogP contribution in [0.4, 0.5) is 10.5 Å². The molecule has 3 atom stereocenters. The van der Waals surface area contributed by atoms with E-state index in [2.05, 4.69) is 26.1 Å². The highest BCUT2D eigenvalue weighted by molar-refractivity contribution is 6.00. The average molecular weight is 323 g/mol. The number of nitrogens with one attached hydrogen (secondary N) is 1. The number of fused-ring (bicyclic) bond motifs is 3. The predicted octanol–water partition coefficient (Wildman–Crippen LogP) is 5.60. The van der Waals surface area contributed by atoms with E-state index in [-0.39, 0.29) is 23.0 Å². The summed E-state index contributed by atoms with van der Waals surface area (Å²) in [6.07, 6.45) is 3.08. The van der Waals surface area contributed by atoms with Crippen molar-refractivity contribution in [1.29, 1.82) is 0 Å². The molecule has 24 heavy (non-hydrogen) atoms. The number of amides is 1. The van der Waals surface area contributed by atoms with Crippen LogP contribution in [0, 0.1) is 16.7 Å². The van der Waals surface area contributed by atoms with Crippen LogP contribution in [-0.2, 0) is 4.74 Å². The standard InChI is InChI=1S/C21H25NO2/c1-20(2)15-11-12-21(20,3)18(13-15)24-19(23)22-17-10-6-8-14-7-4-5-9-16(14)17/h4-10,15,18H,11-13H2,1-3H3,(H,22,23)/t15-,18-,21-/m0/s1. The monoisotopic (exact) mass is 323 g/mol. The zero-order chi connectivity index (χ0) is 16.9. The van der Waals surface area contributed by atoms with Crippen molar-refractivity contribution in [3.8, 4) is 0 Å². The Labute approximate surface area is 143 Å². The lowest BCUT2D eigenvalue weighted by molar-refractivity contribution is 0.00149. The summed E-state index contributed by atoms with van der Waals surface area (Å²) in [5, 5.41) is 5.11. The first-order chi connectivity index (χ1) is 11.4. The Balaban J connectivity index is 1.52. The Morgan fingerprint density at radius 1 is 1.12 bits per heavy atom. The fourth-order valence-electron chi connectivity index (χ4n) is 4.91. The van der Waals surface area contributed by atoms with Crippen LogP contribution in [0.2, 0.25) is 0 Å². The molecule has 1 amide bonds. The number of ether oxygens (including phenoxy) is 1. The van der Waals surface area contributed by atoms with Gasteiger partial charge in [-0.05, 0) is 42.0 Å². The molecule has 0 radical (unpaired) electrons. The third-order valence-electron chi connectivity index (χ3n) is 6.99. The molecule has 0 unspecified atom stereocenters. The van der Waals surface area contributed by atoms with Crippen LogP contribution in [0.15, 0.2) is 42.5 Å². The van der Waals surface area contributed by atoms with Gasteiger partial charge in [0.05, 0.1) is 5.69 Å². The summed E-state index contributed by atoms with van der Waals surface area (Å²) in [7, 11) is 0. The smallest absolute Gasteiger partial charge is 0.411 e. The largest absolute Gasteiger partial charge is 0.445 e. The van der Waals surface area contributed by atoms with Gasteiger partial charge in [0.1, 0.15) is 6.10 Å². The summed E-state index contributed by atoms with van der Waals surface area (Å²) >= 11 is 0. The zero-order valence-corrected chi connectivity index (χ0v) is 14.6. The van der Waals surface area contributed by atoms with E-state index < -0.39 is 0 Å². The first kappa shape index (κ1) is 15.5. The van der Waals surface area contributed by atoms with E-state index in [1.807, 2.05) is 42.5 Å². The maximum Gasteiger partial charge on any atom is 0.411 e. The maximum absolute atomic E-state index is 12.5. The molecule has 2 aromatic rings. The number of hydrogen-bond donors (Lipinski definition) is 1. The van der Waals surface area contributed by atoms with Gasteiger partial charge < -0.3 is 4.74 Å². The van der Waals surface area contributed by atoms with Crippen LogP contribution in [0.1, 0.15) is 40.0 Å². The van der Waals surface area contributed by atoms with E-state index in [0.717, 1.165) is 29.3 Å². The molecule has 2 bridgehead atoms. The number of anilines is 1. The van der Waals surface area contributed by atoms with Gasteiger partial charge in [0, 0.05) is 10.8 Å². The van der Waals surface area contributed by atoms with Crippen molar-refractivity contribution in [2.75, 3.05) is 5.32 Å². The number of benzene rings is 2. The molecule has 0 heterocycles. The van der Waals surface area contributed by atoms with E-state index in [1.165, 1.54) is 6.42 Å². The summed E-state index contributed by atoms with van der Waals surface area (Å²) in [5.74, 6) is 0.665. The van der Waals surface area contributed by atoms with Gasteiger partial charge in [0.2, 0.25) is 0 Å². The van der Waals surface area contributed by atoms with Gasteiger partial charge in [0.25, 0.3) is 0 Å². The van der Waals surface area contributed by atoms with Crippen molar-refractivity contribution in [3.63, 3.8) is 0 Å². The SMILES string of the molecule is CC1(C)[C@H]2CC[C@@]1(C)[C@@H](OC(=O)Nc1cccc3ccccc13)C2. The first-order valence-electron chi connectivity index (χ1n) is 8.87. The third kappa shape index (κ3) is 2.14. The summed E-state index contributed by atoms with van der Waals surface area (Å²) in [5.41, 5.74) is 1.15. The lowest BCUT2D eigenvalue weighted by atomic mass is 9.70. The molecule has 3 heteroatoms. The van der Waals surface area contributed by atoms with Crippen molar-refractivity contribution in [2.24, 2.45) is 16.7 Å². The molecular formula is C21H25NO2. The van der Waals surface area contributed by atoms with Gasteiger partial charge in [-0.15, -0.1) is 0 Å². The molecule has 126 valence electrons. The Morgan fingerprint density at radius 3 is 2.58 bits per heavy atom. The summed E-state index contributed by atoms with van der Waals surface area (Å²) in [6.45, 7) is 6.95. The second-order valence-corrected chi connectivity index (χ2v) is 8.16. The Morgan fingerprint density at radius 2 is 1.88 bits per heavy atom. The second-order valence-electron chi connectivity index (χ2n) is 8.16. The highest BCUT2D eigenvalue weighted by Crippen LogP contribution is 2.66. The topological polar surface area (TPSA) is 38.3 Å². The minimum absolute atomic E-state index is 0.0150. The molecule has 2 aromatic carbocycles. The fraction of sp³-hybridized carbons (Fsp3) is 0.476. The summed E-state index contributed by atoms with van der Waals surface area (Å²) < 4.78 is 5.89. The zero-order valence-electron chi connectivity index (χ0n) is 14.6. The Kier molecular flexibility index (Phi) is 3.38. The van der Waals surface area contributed by atoms with E-state index >= 15 is 0 Å². The van der Waals surface area contributed by atoms with E-state index in [4.69, 9.17) is 4.74 Å². The predicted molar refractivity (Wildman–Crippen MR) is 97.1 cm³/mol. The number of carbonyl (C=O) groups is 1. The minimum atomic E-state index is -0.332. The van der Waals surface area contributed by atoms with Gasteiger partial charge in [-0.2, -0.15) is 0 Å². The van der Waals surface area contributed by atoms with Crippen molar-refractivity contribution in [3.05, 3.63) is 42.5 Å². The lowest BCUT2D eigenvalue weighted by Crippen LogP contribution is -2.39. The molecule has 0 aromatic heterocycles. The highest BCUT2D eigenvalue weighted by atomic mass is 16.6. The number of hydrogen-bond acceptors (Lipinski definition) is 2. The number of rotatable bonds is 2. The normalized spacial score (nSPS) is 30.5. The number of carbonyl (C=O) groups excluding carboxylic acids is 1. The van der Waals surface area contributed by atoms with Gasteiger partial charge in [-0.25, -0.2) is 4.79 Å². The molecule has 3 nitrogen and oxygen atoms in total. The van der Waals surface area contributed by atoms with Gasteiger partial charge in [-0.1, -0.05) is 57.2 Å².